The first kappa shape index (κ1) is 19.5. The Morgan fingerprint density at radius 3 is 2.64 bits per heavy atom. The molecule has 1 aromatic heterocycles. The van der Waals surface area contributed by atoms with Gasteiger partial charge in [-0.1, -0.05) is 0 Å². The van der Waals surface area contributed by atoms with Gasteiger partial charge in [0.15, 0.2) is 0 Å². The standard InChI is InChI=1S/C17H23F3N2O3/c1-16(2,3)25-15(24)22-6-4-5-11(9-22)12-7-13(17(18,19)20)14(10-23)21-8-12/h7-8,11,23H,4-6,9-10H2,1-3H3. The van der Waals surface area contributed by atoms with Crippen molar-refractivity contribution in [2.45, 2.75) is 57.9 Å². The maximum absolute atomic E-state index is 13.1. The Bertz CT molecular complexity index is 627. The van der Waals surface area contributed by atoms with Crippen LogP contribution >= 0.6 is 0 Å². The molecule has 0 bridgehead atoms. The highest BCUT2D eigenvalue weighted by atomic mass is 19.4. The van der Waals surface area contributed by atoms with Gasteiger partial charge in [0.1, 0.15) is 5.60 Å². The Kier molecular flexibility index (Phi) is 5.61. The highest BCUT2D eigenvalue weighted by Gasteiger charge is 2.36. The van der Waals surface area contributed by atoms with Crippen LogP contribution in [-0.2, 0) is 17.5 Å². The molecule has 1 aromatic rings. The fourth-order valence-electron chi connectivity index (χ4n) is 2.85. The number of hydrogen-bond acceptors (Lipinski definition) is 4. The molecule has 1 amide bonds. The van der Waals surface area contributed by atoms with Crippen LogP contribution in [0.4, 0.5) is 18.0 Å². The molecule has 5 nitrogen and oxygen atoms in total. The molecule has 2 heterocycles. The summed E-state index contributed by atoms with van der Waals surface area (Å²) < 4.78 is 44.7. The van der Waals surface area contributed by atoms with Crippen LogP contribution in [0.3, 0.4) is 0 Å². The number of ether oxygens (including phenoxy) is 1. The van der Waals surface area contributed by atoms with E-state index in [1.54, 1.807) is 20.8 Å². The third-order valence-electron chi connectivity index (χ3n) is 3.99. The smallest absolute Gasteiger partial charge is 0.418 e. The molecular formula is C17H23F3N2O3. The van der Waals surface area contributed by atoms with Crippen LogP contribution in [0.25, 0.3) is 0 Å². The fraction of sp³-hybridized carbons (Fsp3) is 0.647. The molecule has 140 valence electrons. The maximum atomic E-state index is 13.1. The van der Waals surface area contributed by atoms with Crippen molar-refractivity contribution >= 4 is 6.09 Å². The minimum absolute atomic E-state index is 0.248. The number of likely N-dealkylation sites (tertiary alicyclic amines) is 1. The Balaban J connectivity index is 2.20. The summed E-state index contributed by atoms with van der Waals surface area (Å²) >= 11 is 0. The summed E-state index contributed by atoms with van der Waals surface area (Å²) in [6.07, 6.45) is -2.36. The predicted molar refractivity (Wildman–Crippen MR) is 84.9 cm³/mol. The quantitative estimate of drug-likeness (QED) is 0.873. The number of pyridine rings is 1. The van der Waals surface area contributed by atoms with Gasteiger partial charge < -0.3 is 14.7 Å². The average Bonchev–Trinajstić information content (AvgIpc) is 2.52. The van der Waals surface area contributed by atoms with Crippen LogP contribution in [0.5, 0.6) is 0 Å². The number of piperidine rings is 1. The second kappa shape index (κ2) is 7.19. The zero-order valence-electron chi connectivity index (χ0n) is 14.6. The molecule has 1 aliphatic heterocycles. The molecule has 0 radical (unpaired) electrons. The minimum atomic E-state index is -4.58. The van der Waals surface area contributed by atoms with Crippen molar-refractivity contribution < 1.29 is 27.8 Å². The zero-order valence-corrected chi connectivity index (χ0v) is 14.6. The third-order valence-corrected chi connectivity index (χ3v) is 3.99. The summed E-state index contributed by atoms with van der Waals surface area (Å²) in [6.45, 7) is 5.31. The van der Waals surface area contributed by atoms with Crippen molar-refractivity contribution in [3.8, 4) is 0 Å². The second-order valence-corrected chi connectivity index (χ2v) is 7.18. The van der Waals surface area contributed by atoms with Crippen LogP contribution in [0, 0.1) is 0 Å². The summed E-state index contributed by atoms with van der Waals surface area (Å²) in [5.74, 6) is -0.248. The van der Waals surface area contributed by atoms with E-state index in [-0.39, 0.29) is 12.5 Å². The first-order chi connectivity index (χ1) is 11.5. The molecule has 1 unspecified atom stereocenters. The van der Waals surface area contributed by atoms with Gasteiger partial charge in [-0.25, -0.2) is 4.79 Å². The first-order valence-electron chi connectivity index (χ1n) is 8.16. The fourth-order valence-corrected chi connectivity index (χ4v) is 2.85. The number of amides is 1. The molecule has 0 spiro atoms. The number of aliphatic hydroxyl groups excluding tert-OH is 1. The number of hydrogen-bond donors (Lipinski definition) is 1. The Hall–Kier alpha value is -1.83. The highest BCUT2D eigenvalue weighted by Crippen LogP contribution is 2.35. The predicted octanol–water partition coefficient (Wildman–Crippen LogP) is 3.71. The summed E-state index contributed by atoms with van der Waals surface area (Å²) in [5, 5.41) is 9.07. The van der Waals surface area contributed by atoms with Crippen molar-refractivity contribution in [3.63, 3.8) is 0 Å². The molecule has 1 aliphatic rings. The Labute approximate surface area is 144 Å². The SMILES string of the molecule is CC(C)(C)OC(=O)N1CCCC(c2cnc(CO)c(C(F)(F)F)c2)C1. The van der Waals surface area contributed by atoms with Crippen LogP contribution in [0.1, 0.15) is 56.4 Å². The van der Waals surface area contributed by atoms with Gasteiger partial charge in [0.05, 0.1) is 17.9 Å². The molecule has 0 aliphatic carbocycles. The van der Waals surface area contributed by atoms with E-state index in [9.17, 15) is 18.0 Å². The molecule has 2 rings (SSSR count). The number of carbonyl (C=O) groups is 1. The summed E-state index contributed by atoms with van der Waals surface area (Å²) in [5.41, 5.74) is -1.53. The van der Waals surface area contributed by atoms with Gasteiger partial charge in [-0.15, -0.1) is 0 Å². The van der Waals surface area contributed by atoms with Gasteiger partial charge in [-0.2, -0.15) is 13.2 Å². The summed E-state index contributed by atoms with van der Waals surface area (Å²) in [4.78, 5) is 17.5. The van der Waals surface area contributed by atoms with E-state index in [0.717, 1.165) is 6.07 Å². The van der Waals surface area contributed by atoms with Crippen LogP contribution < -0.4 is 0 Å². The van der Waals surface area contributed by atoms with Gasteiger partial charge in [0.25, 0.3) is 0 Å². The molecule has 1 atom stereocenters. The van der Waals surface area contributed by atoms with Gasteiger partial charge >= 0.3 is 12.3 Å². The monoisotopic (exact) mass is 360 g/mol. The lowest BCUT2D eigenvalue weighted by atomic mass is 9.90. The van der Waals surface area contributed by atoms with E-state index >= 15 is 0 Å². The average molecular weight is 360 g/mol. The van der Waals surface area contributed by atoms with Crippen molar-refractivity contribution in [2.75, 3.05) is 13.1 Å². The molecule has 1 N–H and O–H groups in total. The van der Waals surface area contributed by atoms with Crippen LogP contribution in [0.15, 0.2) is 12.3 Å². The number of halogens is 3. The molecule has 8 heteroatoms. The van der Waals surface area contributed by atoms with Gasteiger partial charge in [0.2, 0.25) is 0 Å². The molecule has 25 heavy (non-hydrogen) atoms. The summed E-state index contributed by atoms with van der Waals surface area (Å²) in [7, 11) is 0. The summed E-state index contributed by atoms with van der Waals surface area (Å²) in [6, 6.07) is 1.03. The second-order valence-electron chi connectivity index (χ2n) is 7.18. The van der Waals surface area contributed by atoms with E-state index in [1.807, 2.05) is 0 Å². The normalized spacial score (nSPS) is 19.0. The molecular weight excluding hydrogens is 337 g/mol. The zero-order chi connectivity index (χ0) is 18.8. The van der Waals surface area contributed by atoms with Crippen molar-refractivity contribution in [1.29, 1.82) is 0 Å². The van der Waals surface area contributed by atoms with Crippen molar-refractivity contribution in [2.24, 2.45) is 0 Å². The lowest BCUT2D eigenvalue weighted by molar-refractivity contribution is -0.139. The van der Waals surface area contributed by atoms with Gasteiger partial charge in [-0.05, 0) is 45.2 Å². The number of aromatic nitrogens is 1. The molecule has 1 fully saturated rings. The maximum Gasteiger partial charge on any atom is 0.418 e. The lowest BCUT2D eigenvalue weighted by Crippen LogP contribution is -2.42. The highest BCUT2D eigenvalue weighted by molar-refractivity contribution is 5.68. The van der Waals surface area contributed by atoms with E-state index in [0.29, 0.717) is 24.9 Å². The van der Waals surface area contributed by atoms with E-state index in [2.05, 4.69) is 4.98 Å². The van der Waals surface area contributed by atoms with E-state index in [4.69, 9.17) is 9.84 Å². The van der Waals surface area contributed by atoms with E-state index < -0.39 is 35.7 Å². The third kappa shape index (κ3) is 5.07. The Morgan fingerprint density at radius 1 is 1.40 bits per heavy atom. The molecule has 1 saturated heterocycles. The largest absolute Gasteiger partial charge is 0.444 e. The topological polar surface area (TPSA) is 62.7 Å². The minimum Gasteiger partial charge on any atom is -0.444 e. The van der Waals surface area contributed by atoms with E-state index in [1.165, 1.54) is 11.1 Å². The first-order valence-corrected chi connectivity index (χ1v) is 8.16. The van der Waals surface area contributed by atoms with Crippen LogP contribution in [-0.4, -0.2) is 39.8 Å². The Morgan fingerprint density at radius 2 is 2.08 bits per heavy atom. The van der Waals surface area contributed by atoms with Gasteiger partial charge in [-0.3, -0.25) is 4.98 Å². The lowest BCUT2D eigenvalue weighted by Gasteiger charge is -2.34. The van der Waals surface area contributed by atoms with Crippen LogP contribution in [0.2, 0.25) is 0 Å². The number of rotatable bonds is 2. The van der Waals surface area contributed by atoms with Crippen molar-refractivity contribution in [3.05, 3.63) is 29.1 Å². The molecule has 0 saturated carbocycles. The number of aliphatic hydroxyl groups is 1. The number of alkyl halides is 3. The van der Waals surface area contributed by atoms with Crippen molar-refractivity contribution in [1.82, 2.24) is 9.88 Å². The molecule has 0 aromatic carbocycles. The number of carbonyl (C=O) groups excluding carboxylic acids is 1. The van der Waals surface area contributed by atoms with Gasteiger partial charge in [0, 0.05) is 25.2 Å². The number of nitrogens with zero attached hydrogens (tertiary/aromatic N) is 2.